The van der Waals surface area contributed by atoms with Crippen molar-refractivity contribution < 1.29 is 18.4 Å². The lowest BCUT2D eigenvalue weighted by Crippen LogP contribution is -2.41. The van der Waals surface area contributed by atoms with Crippen LogP contribution in [0, 0.1) is 17.6 Å². The Morgan fingerprint density at radius 2 is 1.81 bits per heavy atom. The molecule has 0 radical (unpaired) electrons. The summed E-state index contributed by atoms with van der Waals surface area (Å²) >= 11 is 6.03. The molecule has 1 saturated heterocycles. The van der Waals surface area contributed by atoms with E-state index in [-0.39, 0.29) is 29.3 Å². The number of nitrogens with one attached hydrogen (secondary N) is 2. The van der Waals surface area contributed by atoms with E-state index in [4.69, 9.17) is 11.6 Å². The molecule has 2 amide bonds. The SMILES string of the molecule is CCCC(=O)N[C@@H](CCCNC(=O)[C@@H]1CN(C(C)(C)C)CC1c1ccc(F)cc1F)c1ccc(Cl)cc1. The predicted octanol–water partition coefficient (Wildman–Crippen LogP) is 5.99. The maximum Gasteiger partial charge on any atom is 0.225 e. The first-order valence-electron chi connectivity index (χ1n) is 13.0. The Hall–Kier alpha value is -2.51. The lowest BCUT2D eigenvalue weighted by Gasteiger charge is -2.31. The number of rotatable bonds is 10. The molecule has 0 aromatic heterocycles. The average Bonchev–Trinajstić information content (AvgIpc) is 3.27. The third-order valence-corrected chi connectivity index (χ3v) is 7.27. The minimum Gasteiger partial charge on any atom is -0.356 e. The van der Waals surface area contributed by atoms with E-state index in [1.165, 1.54) is 12.1 Å². The molecule has 8 heteroatoms. The summed E-state index contributed by atoms with van der Waals surface area (Å²) in [6, 6.07) is 10.8. The number of carbonyl (C=O) groups excluding carboxylic acids is 2. The van der Waals surface area contributed by atoms with Gasteiger partial charge in [-0.15, -0.1) is 0 Å². The van der Waals surface area contributed by atoms with Crippen LogP contribution in [0.5, 0.6) is 0 Å². The van der Waals surface area contributed by atoms with Crippen LogP contribution in [-0.4, -0.2) is 41.9 Å². The van der Waals surface area contributed by atoms with E-state index in [1.807, 2.05) is 19.1 Å². The Kier molecular flexibility index (Phi) is 10.1. The lowest BCUT2D eigenvalue weighted by molar-refractivity contribution is -0.125. The molecule has 0 aliphatic carbocycles. The summed E-state index contributed by atoms with van der Waals surface area (Å²) < 4.78 is 28.2. The highest BCUT2D eigenvalue weighted by Crippen LogP contribution is 2.37. The summed E-state index contributed by atoms with van der Waals surface area (Å²) in [6.07, 6.45) is 2.51. The maximum atomic E-state index is 14.7. The second kappa shape index (κ2) is 12.8. The molecule has 202 valence electrons. The summed E-state index contributed by atoms with van der Waals surface area (Å²) in [6.45, 7) is 9.60. The summed E-state index contributed by atoms with van der Waals surface area (Å²) in [5.41, 5.74) is 1.14. The van der Waals surface area contributed by atoms with Gasteiger partial charge in [0.25, 0.3) is 0 Å². The molecule has 1 fully saturated rings. The monoisotopic (exact) mass is 533 g/mol. The maximum absolute atomic E-state index is 14.7. The summed E-state index contributed by atoms with van der Waals surface area (Å²) in [7, 11) is 0. The van der Waals surface area contributed by atoms with Crippen LogP contribution in [0.15, 0.2) is 42.5 Å². The van der Waals surface area contributed by atoms with Gasteiger partial charge in [0.2, 0.25) is 11.8 Å². The van der Waals surface area contributed by atoms with Gasteiger partial charge in [-0.25, -0.2) is 8.78 Å². The van der Waals surface area contributed by atoms with Crippen LogP contribution in [0.3, 0.4) is 0 Å². The molecule has 0 bridgehead atoms. The van der Waals surface area contributed by atoms with Crippen LogP contribution in [-0.2, 0) is 9.59 Å². The van der Waals surface area contributed by atoms with E-state index >= 15 is 0 Å². The van der Waals surface area contributed by atoms with Gasteiger partial charge in [0.05, 0.1) is 12.0 Å². The predicted molar refractivity (Wildman–Crippen MR) is 143 cm³/mol. The molecular weight excluding hydrogens is 496 g/mol. The molecule has 0 saturated carbocycles. The van der Waals surface area contributed by atoms with Crippen LogP contribution in [0.1, 0.15) is 76.5 Å². The Morgan fingerprint density at radius 3 is 2.43 bits per heavy atom. The minimum absolute atomic E-state index is 0.0103. The first kappa shape index (κ1) is 29.1. The first-order chi connectivity index (χ1) is 17.5. The van der Waals surface area contributed by atoms with Crippen molar-refractivity contribution in [3.63, 3.8) is 0 Å². The molecule has 1 aliphatic rings. The van der Waals surface area contributed by atoms with Gasteiger partial charge < -0.3 is 10.6 Å². The number of carbonyl (C=O) groups is 2. The molecule has 0 spiro atoms. The molecular formula is C29H38ClF2N3O2. The van der Waals surface area contributed by atoms with Gasteiger partial charge in [-0.2, -0.15) is 0 Å². The molecule has 1 aliphatic heterocycles. The topological polar surface area (TPSA) is 61.4 Å². The van der Waals surface area contributed by atoms with Crippen LogP contribution < -0.4 is 10.6 Å². The summed E-state index contributed by atoms with van der Waals surface area (Å²) in [4.78, 5) is 27.7. The molecule has 2 N–H and O–H groups in total. The highest BCUT2D eigenvalue weighted by molar-refractivity contribution is 6.30. The molecule has 1 unspecified atom stereocenters. The standard InChI is InChI=1S/C29H38ClF2N3O2/c1-5-7-27(36)34-26(19-9-11-20(30)12-10-19)8-6-15-33-28(37)24-18-35(29(2,3)4)17-23(24)22-14-13-21(31)16-25(22)32/h9-14,16,23-24,26H,5-8,15,17-18H2,1-4H3,(H,33,37)(H,34,36)/t23?,24-,26+/m1/s1. The zero-order valence-corrected chi connectivity index (χ0v) is 22.9. The fraction of sp³-hybridized carbons (Fsp3) is 0.517. The van der Waals surface area contributed by atoms with E-state index in [1.54, 1.807) is 12.1 Å². The number of hydrogen-bond donors (Lipinski definition) is 2. The molecule has 3 atom stereocenters. The van der Waals surface area contributed by atoms with Crippen LogP contribution in [0.25, 0.3) is 0 Å². The Morgan fingerprint density at radius 1 is 1.11 bits per heavy atom. The number of hydrogen-bond acceptors (Lipinski definition) is 3. The fourth-order valence-corrected chi connectivity index (χ4v) is 5.02. The van der Waals surface area contributed by atoms with Gasteiger partial charge in [0, 0.05) is 48.6 Å². The van der Waals surface area contributed by atoms with E-state index in [9.17, 15) is 18.4 Å². The second-order valence-corrected chi connectivity index (χ2v) is 11.2. The van der Waals surface area contributed by atoms with Crippen LogP contribution in [0.4, 0.5) is 8.78 Å². The number of amides is 2. The normalized spacial score (nSPS) is 19.0. The van der Waals surface area contributed by atoms with Crippen molar-refractivity contribution >= 4 is 23.4 Å². The smallest absolute Gasteiger partial charge is 0.225 e. The molecule has 2 aromatic carbocycles. The highest BCUT2D eigenvalue weighted by Gasteiger charge is 2.42. The van der Waals surface area contributed by atoms with E-state index < -0.39 is 17.6 Å². The van der Waals surface area contributed by atoms with Gasteiger partial charge in [-0.1, -0.05) is 36.7 Å². The van der Waals surface area contributed by atoms with Crippen molar-refractivity contribution in [1.82, 2.24) is 15.5 Å². The second-order valence-electron chi connectivity index (χ2n) is 10.8. The lowest BCUT2D eigenvalue weighted by atomic mass is 9.88. The fourth-order valence-electron chi connectivity index (χ4n) is 4.89. The van der Waals surface area contributed by atoms with Gasteiger partial charge in [0.1, 0.15) is 11.6 Å². The van der Waals surface area contributed by atoms with Crippen molar-refractivity contribution in [2.45, 2.75) is 70.9 Å². The van der Waals surface area contributed by atoms with Gasteiger partial charge in [0.15, 0.2) is 0 Å². The van der Waals surface area contributed by atoms with Crippen molar-refractivity contribution in [3.05, 3.63) is 70.2 Å². The minimum atomic E-state index is -0.630. The Bertz CT molecular complexity index is 1070. The third-order valence-electron chi connectivity index (χ3n) is 7.02. The van der Waals surface area contributed by atoms with Crippen molar-refractivity contribution in [3.8, 4) is 0 Å². The van der Waals surface area contributed by atoms with E-state index in [2.05, 4.69) is 36.3 Å². The van der Waals surface area contributed by atoms with Crippen LogP contribution in [0.2, 0.25) is 5.02 Å². The molecule has 37 heavy (non-hydrogen) atoms. The van der Waals surface area contributed by atoms with Gasteiger partial charge in [-0.3, -0.25) is 14.5 Å². The quantitative estimate of drug-likeness (QED) is 0.369. The molecule has 5 nitrogen and oxygen atoms in total. The Balaban J connectivity index is 1.65. The highest BCUT2D eigenvalue weighted by atomic mass is 35.5. The number of benzene rings is 2. The van der Waals surface area contributed by atoms with E-state index in [0.29, 0.717) is 49.5 Å². The summed E-state index contributed by atoms with van der Waals surface area (Å²) in [5, 5.41) is 6.74. The largest absolute Gasteiger partial charge is 0.356 e. The molecule has 3 rings (SSSR count). The zero-order valence-electron chi connectivity index (χ0n) is 22.1. The molecule has 2 aromatic rings. The third kappa shape index (κ3) is 7.99. The number of halogens is 3. The Labute approximate surface area is 224 Å². The number of likely N-dealkylation sites (tertiary alicyclic amines) is 1. The van der Waals surface area contributed by atoms with E-state index in [0.717, 1.165) is 18.1 Å². The summed E-state index contributed by atoms with van der Waals surface area (Å²) in [5.74, 6) is -2.21. The van der Waals surface area contributed by atoms with Crippen LogP contribution >= 0.6 is 11.6 Å². The van der Waals surface area contributed by atoms with Crippen molar-refractivity contribution in [2.75, 3.05) is 19.6 Å². The molecule has 1 heterocycles. The van der Waals surface area contributed by atoms with Gasteiger partial charge >= 0.3 is 0 Å². The average molecular weight is 534 g/mol. The first-order valence-corrected chi connectivity index (χ1v) is 13.4. The van der Waals surface area contributed by atoms with Crippen molar-refractivity contribution in [2.24, 2.45) is 5.92 Å². The van der Waals surface area contributed by atoms with Crippen molar-refractivity contribution in [1.29, 1.82) is 0 Å². The van der Waals surface area contributed by atoms with Gasteiger partial charge in [-0.05, 0) is 69.4 Å². The number of nitrogens with zero attached hydrogens (tertiary/aromatic N) is 1. The zero-order chi connectivity index (χ0) is 27.2.